The molecule has 0 saturated heterocycles. The van der Waals surface area contributed by atoms with Crippen molar-refractivity contribution in [2.45, 2.75) is 32.6 Å². The van der Waals surface area contributed by atoms with Crippen LogP contribution in [0.25, 0.3) is 11.5 Å². The number of Topliss-reactive ketones (excluding diaryl/α,β-unsaturated/α-hetero) is 1. The zero-order valence-electron chi connectivity index (χ0n) is 15.7. The molecular formula is C18H20N4O4S. The molecule has 1 aromatic carbocycles. The van der Waals surface area contributed by atoms with Gasteiger partial charge in [0.1, 0.15) is 4.90 Å². The molecule has 2 aromatic heterocycles. The number of carbonyl (C=O) groups is 1. The van der Waals surface area contributed by atoms with Crippen molar-refractivity contribution in [1.82, 2.24) is 14.8 Å². The van der Waals surface area contributed by atoms with Crippen LogP contribution in [0.1, 0.15) is 34.6 Å². The fraction of sp³-hybridized carbons (Fsp3) is 0.278. The Labute approximate surface area is 157 Å². The third kappa shape index (κ3) is 3.37. The second-order valence-electron chi connectivity index (χ2n) is 6.30. The molecule has 0 unspecified atom stereocenters. The van der Waals surface area contributed by atoms with E-state index in [1.54, 1.807) is 50.6 Å². The van der Waals surface area contributed by atoms with Crippen molar-refractivity contribution >= 4 is 21.5 Å². The van der Waals surface area contributed by atoms with E-state index in [-0.39, 0.29) is 16.6 Å². The lowest BCUT2D eigenvalue weighted by Gasteiger charge is -2.10. The SMILES string of the molecule is CC(=O)c1cccc(NS(=O)(=O)c2c(-c3nnc(C)o3)c(C)n(C)c2C)c1. The maximum absolute atomic E-state index is 13.2. The van der Waals surface area contributed by atoms with Crippen molar-refractivity contribution in [1.29, 1.82) is 0 Å². The van der Waals surface area contributed by atoms with Crippen LogP contribution in [0.2, 0.25) is 0 Å². The summed E-state index contributed by atoms with van der Waals surface area (Å²) >= 11 is 0. The zero-order valence-corrected chi connectivity index (χ0v) is 16.5. The van der Waals surface area contributed by atoms with Crippen LogP contribution in [-0.4, -0.2) is 29.0 Å². The van der Waals surface area contributed by atoms with Gasteiger partial charge in [-0.2, -0.15) is 0 Å². The summed E-state index contributed by atoms with van der Waals surface area (Å²) < 4.78 is 36.1. The highest BCUT2D eigenvalue weighted by Crippen LogP contribution is 2.35. The molecule has 2 heterocycles. The summed E-state index contributed by atoms with van der Waals surface area (Å²) in [5.74, 6) is 0.341. The highest BCUT2D eigenvalue weighted by atomic mass is 32.2. The van der Waals surface area contributed by atoms with Gasteiger partial charge in [-0.05, 0) is 32.9 Å². The van der Waals surface area contributed by atoms with E-state index in [0.29, 0.717) is 34.1 Å². The summed E-state index contributed by atoms with van der Waals surface area (Å²) in [5.41, 5.74) is 2.31. The number of aryl methyl sites for hydroxylation is 1. The smallest absolute Gasteiger partial charge is 0.264 e. The van der Waals surface area contributed by atoms with Crippen molar-refractivity contribution < 1.29 is 17.6 Å². The summed E-state index contributed by atoms with van der Waals surface area (Å²) in [6, 6.07) is 6.35. The van der Waals surface area contributed by atoms with Crippen LogP contribution in [-0.2, 0) is 17.1 Å². The molecule has 0 fully saturated rings. The van der Waals surface area contributed by atoms with E-state index < -0.39 is 10.0 Å². The third-order valence-corrected chi connectivity index (χ3v) is 6.00. The molecule has 3 rings (SSSR count). The Morgan fingerprint density at radius 2 is 1.85 bits per heavy atom. The summed E-state index contributed by atoms with van der Waals surface area (Å²) in [4.78, 5) is 11.6. The number of aromatic nitrogens is 3. The van der Waals surface area contributed by atoms with E-state index in [2.05, 4.69) is 14.9 Å². The van der Waals surface area contributed by atoms with Crippen molar-refractivity contribution in [3.8, 4) is 11.5 Å². The Balaban J connectivity index is 2.14. The van der Waals surface area contributed by atoms with Crippen LogP contribution in [0.5, 0.6) is 0 Å². The summed E-state index contributed by atoms with van der Waals surface area (Å²) in [6.07, 6.45) is 0. The normalized spacial score (nSPS) is 11.6. The van der Waals surface area contributed by atoms with Gasteiger partial charge in [0.15, 0.2) is 5.78 Å². The van der Waals surface area contributed by atoms with E-state index in [9.17, 15) is 13.2 Å². The van der Waals surface area contributed by atoms with Gasteiger partial charge in [-0.1, -0.05) is 12.1 Å². The van der Waals surface area contributed by atoms with E-state index in [1.165, 1.54) is 13.0 Å². The molecule has 0 spiro atoms. The Morgan fingerprint density at radius 1 is 1.15 bits per heavy atom. The van der Waals surface area contributed by atoms with Crippen LogP contribution >= 0.6 is 0 Å². The molecule has 9 heteroatoms. The number of nitrogens with zero attached hydrogens (tertiary/aromatic N) is 3. The number of hydrogen-bond donors (Lipinski definition) is 1. The summed E-state index contributed by atoms with van der Waals surface area (Å²) in [7, 11) is -2.20. The predicted octanol–water partition coefficient (Wildman–Crippen LogP) is 3.00. The molecule has 0 saturated carbocycles. The molecule has 8 nitrogen and oxygen atoms in total. The highest BCUT2D eigenvalue weighted by Gasteiger charge is 2.30. The quantitative estimate of drug-likeness (QED) is 0.673. The van der Waals surface area contributed by atoms with Crippen LogP contribution in [0.15, 0.2) is 33.6 Å². The van der Waals surface area contributed by atoms with Crippen LogP contribution in [0, 0.1) is 20.8 Å². The monoisotopic (exact) mass is 388 g/mol. The van der Waals surface area contributed by atoms with Crippen LogP contribution in [0.4, 0.5) is 5.69 Å². The minimum absolute atomic E-state index is 0.0689. The predicted molar refractivity (Wildman–Crippen MR) is 100 cm³/mol. The van der Waals surface area contributed by atoms with E-state index >= 15 is 0 Å². The third-order valence-electron chi connectivity index (χ3n) is 4.45. The number of carbonyl (C=O) groups excluding carboxylic acids is 1. The fourth-order valence-electron chi connectivity index (χ4n) is 2.90. The molecule has 27 heavy (non-hydrogen) atoms. The first-order valence-corrected chi connectivity index (χ1v) is 9.70. The first kappa shape index (κ1) is 18.8. The van der Waals surface area contributed by atoms with Gasteiger partial charge in [0.2, 0.25) is 5.89 Å². The molecule has 0 radical (unpaired) electrons. The van der Waals surface area contributed by atoms with Gasteiger partial charge in [0.25, 0.3) is 15.9 Å². The molecule has 0 aliphatic heterocycles. The Morgan fingerprint density at radius 3 is 2.44 bits per heavy atom. The lowest BCUT2D eigenvalue weighted by molar-refractivity contribution is 0.101. The minimum atomic E-state index is -3.97. The average Bonchev–Trinajstić information content (AvgIpc) is 3.11. The molecule has 0 atom stereocenters. The molecule has 0 aliphatic rings. The van der Waals surface area contributed by atoms with E-state index in [0.717, 1.165) is 0 Å². The first-order valence-electron chi connectivity index (χ1n) is 8.22. The number of anilines is 1. The Kier molecular flexibility index (Phi) is 4.64. The fourth-order valence-corrected chi connectivity index (χ4v) is 4.47. The van der Waals surface area contributed by atoms with Crippen molar-refractivity contribution in [3.63, 3.8) is 0 Å². The number of rotatable bonds is 5. The van der Waals surface area contributed by atoms with Crippen molar-refractivity contribution in [2.75, 3.05) is 4.72 Å². The topological polar surface area (TPSA) is 107 Å². The second kappa shape index (κ2) is 6.66. The van der Waals surface area contributed by atoms with Gasteiger partial charge in [-0.3, -0.25) is 9.52 Å². The molecule has 0 bridgehead atoms. The van der Waals surface area contributed by atoms with E-state index in [1.807, 2.05) is 0 Å². The van der Waals surface area contributed by atoms with Gasteiger partial charge in [0, 0.05) is 36.6 Å². The summed E-state index contributed by atoms with van der Waals surface area (Å²) in [5, 5.41) is 7.79. The zero-order chi connectivity index (χ0) is 19.9. The lowest BCUT2D eigenvalue weighted by atomic mass is 10.1. The number of benzene rings is 1. The van der Waals surface area contributed by atoms with Gasteiger partial charge in [-0.15, -0.1) is 10.2 Å². The molecule has 142 valence electrons. The summed E-state index contributed by atoms with van der Waals surface area (Å²) in [6.45, 7) is 6.56. The molecule has 0 amide bonds. The van der Waals surface area contributed by atoms with Crippen LogP contribution in [0.3, 0.4) is 0 Å². The first-order chi connectivity index (χ1) is 12.6. The lowest BCUT2D eigenvalue weighted by Crippen LogP contribution is -2.15. The molecule has 1 N–H and O–H groups in total. The maximum atomic E-state index is 13.2. The average molecular weight is 388 g/mol. The van der Waals surface area contributed by atoms with Gasteiger partial charge in [-0.25, -0.2) is 8.42 Å². The highest BCUT2D eigenvalue weighted by molar-refractivity contribution is 7.93. The number of nitrogens with one attached hydrogen (secondary N) is 1. The van der Waals surface area contributed by atoms with Gasteiger partial charge in [0.05, 0.1) is 5.56 Å². The number of hydrogen-bond acceptors (Lipinski definition) is 6. The molecular weight excluding hydrogens is 368 g/mol. The van der Waals surface area contributed by atoms with Crippen LogP contribution < -0.4 is 4.72 Å². The van der Waals surface area contributed by atoms with E-state index in [4.69, 9.17) is 4.42 Å². The van der Waals surface area contributed by atoms with Gasteiger partial charge >= 0.3 is 0 Å². The Bertz CT molecular complexity index is 1140. The second-order valence-corrected chi connectivity index (χ2v) is 7.92. The molecule has 0 aliphatic carbocycles. The minimum Gasteiger partial charge on any atom is -0.421 e. The number of sulfonamides is 1. The number of ketones is 1. The van der Waals surface area contributed by atoms with Crippen molar-refractivity contribution in [3.05, 3.63) is 47.1 Å². The Hall–Kier alpha value is -2.94. The van der Waals surface area contributed by atoms with Crippen molar-refractivity contribution in [2.24, 2.45) is 7.05 Å². The largest absolute Gasteiger partial charge is 0.421 e. The van der Waals surface area contributed by atoms with Gasteiger partial charge < -0.3 is 8.98 Å². The molecule has 3 aromatic rings. The maximum Gasteiger partial charge on any atom is 0.264 e. The standard InChI is InChI=1S/C18H20N4O4S/c1-10-16(18-20-19-13(4)26-18)17(11(2)22(10)5)27(24,25)21-15-8-6-7-14(9-15)12(3)23/h6-9,21H,1-5H3.